The van der Waals surface area contributed by atoms with Gasteiger partial charge in [0.1, 0.15) is 6.54 Å². The second-order valence-electron chi connectivity index (χ2n) is 2.18. The number of guanidine groups is 1. The molecule has 0 fully saturated rings. The van der Waals surface area contributed by atoms with E-state index in [4.69, 9.17) is 20.9 Å². The van der Waals surface area contributed by atoms with Crippen molar-refractivity contribution in [3.05, 3.63) is 0 Å². The molecule has 0 aromatic rings. The van der Waals surface area contributed by atoms with Gasteiger partial charge in [-0.05, 0) is 13.8 Å². The van der Waals surface area contributed by atoms with Gasteiger partial charge in [0.05, 0.1) is 0 Å². The molecule has 12 heavy (non-hydrogen) atoms. The van der Waals surface area contributed by atoms with Crippen LogP contribution in [0.2, 0.25) is 0 Å². The van der Waals surface area contributed by atoms with Crippen LogP contribution in [0, 0.1) is 0 Å². The highest BCUT2D eigenvalue weighted by molar-refractivity contribution is 5.69. The van der Waals surface area contributed by atoms with Crippen LogP contribution in [0.5, 0.6) is 0 Å². The molecular weight excluding hydrogens is 158 g/mol. The lowest BCUT2D eigenvalue weighted by Gasteiger charge is -2.13. The molecule has 0 saturated carbocycles. The van der Waals surface area contributed by atoms with E-state index in [-0.39, 0.29) is 12.2 Å². The Morgan fingerprint density at radius 2 is 1.75 bits per heavy atom. The SMILES string of the molecule is CCOC(C[NH+]=C(N)N)OCC. The van der Waals surface area contributed by atoms with E-state index in [2.05, 4.69) is 4.99 Å². The second-order valence-corrected chi connectivity index (χ2v) is 2.18. The van der Waals surface area contributed by atoms with Crippen molar-refractivity contribution in [1.29, 1.82) is 0 Å². The highest BCUT2D eigenvalue weighted by atomic mass is 16.7. The summed E-state index contributed by atoms with van der Waals surface area (Å²) in [6.07, 6.45) is -0.276. The maximum atomic E-state index is 5.22. The number of ether oxygens (including phenoxy) is 2. The lowest BCUT2D eigenvalue weighted by atomic mass is 10.6. The summed E-state index contributed by atoms with van der Waals surface area (Å²) >= 11 is 0. The monoisotopic (exact) mass is 176 g/mol. The van der Waals surface area contributed by atoms with E-state index in [1.165, 1.54) is 0 Å². The molecule has 0 aromatic carbocycles. The third kappa shape index (κ3) is 5.94. The largest absolute Gasteiger partial charge is 0.350 e. The van der Waals surface area contributed by atoms with E-state index in [1.807, 2.05) is 13.8 Å². The average Bonchev–Trinajstić information content (AvgIpc) is 2.01. The van der Waals surface area contributed by atoms with Gasteiger partial charge in [-0.1, -0.05) is 0 Å². The van der Waals surface area contributed by atoms with Crippen LogP contribution in [0.25, 0.3) is 0 Å². The van der Waals surface area contributed by atoms with Crippen molar-refractivity contribution < 1.29 is 14.5 Å². The Morgan fingerprint density at radius 1 is 1.25 bits per heavy atom. The van der Waals surface area contributed by atoms with E-state index >= 15 is 0 Å². The van der Waals surface area contributed by atoms with E-state index in [0.717, 1.165) is 0 Å². The molecule has 0 rings (SSSR count). The molecule has 0 heterocycles. The van der Waals surface area contributed by atoms with Gasteiger partial charge >= 0.3 is 5.96 Å². The summed E-state index contributed by atoms with van der Waals surface area (Å²) < 4.78 is 10.4. The molecule has 0 aromatic heterocycles. The highest BCUT2D eigenvalue weighted by Gasteiger charge is 2.06. The Balaban J connectivity index is 3.69. The van der Waals surface area contributed by atoms with Gasteiger partial charge in [-0.2, -0.15) is 0 Å². The quantitative estimate of drug-likeness (QED) is 0.242. The highest BCUT2D eigenvalue weighted by Crippen LogP contribution is 1.89. The zero-order valence-corrected chi connectivity index (χ0v) is 7.67. The molecule has 5 nitrogen and oxygen atoms in total. The summed E-state index contributed by atoms with van der Waals surface area (Å²) in [4.78, 5) is 2.74. The average molecular weight is 176 g/mol. The Kier molecular flexibility index (Phi) is 6.41. The molecule has 0 aliphatic heterocycles. The number of hydrogen-bond donors (Lipinski definition) is 3. The predicted molar refractivity (Wildman–Crippen MR) is 46.3 cm³/mol. The minimum absolute atomic E-state index is 0.180. The first-order valence-corrected chi connectivity index (χ1v) is 4.05. The number of nitrogens with one attached hydrogen (secondary N) is 1. The summed E-state index contributed by atoms with van der Waals surface area (Å²) in [5, 5.41) is 0. The van der Waals surface area contributed by atoms with E-state index < -0.39 is 0 Å². The molecule has 0 bridgehead atoms. The first kappa shape index (κ1) is 11.2. The van der Waals surface area contributed by atoms with Crippen LogP contribution in [-0.2, 0) is 9.47 Å². The summed E-state index contributed by atoms with van der Waals surface area (Å²) in [6.45, 7) is 5.50. The second kappa shape index (κ2) is 6.87. The lowest BCUT2D eigenvalue weighted by Crippen LogP contribution is -2.80. The molecule has 5 N–H and O–H groups in total. The van der Waals surface area contributed by atoms with Gasteiger partial charge in [0, 0.05) is 13.2 Å². The maximum absolute atomic E-state index is 5.22. The standard InChI is InChI=1S/C7H17N3O2/c1-3-11-6(12-4-2)5-10-7(8)9/h6H,3-5H2,1-2H3,(H4,8,9,10)/p+1. The van der Waals surface area contributed by atoms with Crippen molar-refractivity contribution in [2.45, 2.75) is 20.1 Å². The Hall–Kier alpha value is -0.810. The normalized spacial score (nSPS) is 10.2. The minimum Gasteiger partial charge on any atom is -0.350 e. The molecule has 0 aliphatic rings. The molecule has 0 radical (unpaired) electrons. The number of rotatable bonds is 6. The van der Waals surface area contributed by atoms with Gasteiger partial charge < -0.3 is 9.47 Å². The van der Waals surface area contributed by atoms with Crippen molar-refractivity contribution in [1.82, 2.24) is 0 Å². The third-order valence-corrected chi connectivity index (χ3v) is 1.18. The van der Waals surface area contributed by atoms with Gasteiger partial charge in [0.25, 0.3) is 0 Å². The summed E-state index contributed by atoms with van der Waals surface area (Å²) in [6, 6.07) is 0. The van der Waals surface area contributed by atoms with E-state index in [9.17, 15) is 0 Å². The predicted octanol–water partition coefficient (Wildman–Crippen LogP) is -2.26. The summed E-state index contributed by atoms with van der Waals surface area (Å²) in [5.41, 5.74) is 10.4. The molecule has 72 valence electrons. The summed E-state index contributed by atoms with van der Waals surface area (Å²) in [7, 11) is 0. The first-order chi connectivity index (χ1) is 5.70. The van der Waals surface area contributed by atoms with Crippen molar-refractivity contribution in [2.75, 3.05) is 19.8 Å². The van der Waals surface area contributed by atoms with Crippen LogP contribution in [0.3, 0.4) is 0 Å². The van der Waals surface area contributed by atoms with Crippen molar-refractivity contribution in [3.8, 4) is 0 Å². The fourth-order valence-electron chi connectivity index (χ4n) is 0.739. The van der Waals surface area contributed by atoms with Gasteiger partial charge in [-0.25, -0.2) is 0 Å². The van der Waals surface area contributed by atoms with Gasteiger partial charge in [-0.3, -0.25) is 16.5 Å². The zero-order valence-electron chi connectivity index (χ0n) is 7.67. The molecule has 0 amide bonds. The molecule has 0 aliphatic carbocycles. The third-order valence-electron chi connectivity index (χ3n) is 1.18. The van der Waals surface area contributed by atoms with Gasteiger partial charge in [0.2, 0.25) is 0 Å². The number of hydrogen-bond acceptors (Lipinski definition) is 2. The zero-order chi connectivity index (χ0) is 9.40. The van der Waals surface area contributed by atoms with Crippen molar-refractivity contribution in [2.24, 2.45) is 11.5 Å². The van der Waals surface area contributed by atoms with Crippen LogP contribution in [0.1, 0.15) is 13.8 Å². The maximum Gasteiger partial charge on any atom is 0.338 e. The fraction of sp³-hybridized carbons (Fsp3) is 0.857. The van der Waals surface area contributed by atoms with Crippen LogP contribution >= 0.6 is 0 Å². The topological polar surface area (TPSA) is 84.5 Å². The molecule has 0 saturated heterocycles. The Labute approximate surface area is 72.7 Å². The molecule has 5 heteroatoms. The van der Waals surface area contributed by atoms with E-state index in [0.29, 0.717) is 19.8 Å². The van der Waals surface area contributed by atoms with Crippen LogP contribution in [-0.4, -0.2) is 32.0 Å². The molecular formula is C7H18N3O2+. The van der Waals surface area contributed by atoms with Crippen LogP contribution < -0.4 is 16.5 Å². The fourth-order valence-corrected chi connectivity index (χ4v) is 0.739. The smallest absolute Gasteiger partial charge is 0.338 e. The Bertz CT molecular complexity index is 129. The molecule has 0 spiro atoms. The lowest BCUT2D eigenvalue weighted by molar-refractivity contribution is -0.487. The number of nitrogens with two attached hydrogens (primary N) is 2. The van der Waals surface area contributed by atoms with Gasteiger partial charge in [-0.15, -0.1) is 0 Å². The minimum atomic E-state index is -0.276. The Morgan fingerprint density at radius 3 is 2.08 bits per heavy atom. The van der Waals surface area contributed by atoms with Crippen LogP contribution in [0.15, 0.2) is 0 Å². The van der Waals surface area contributed by atoms with Crippen molar-refractivity contribution in [3.63, 3.8) is 0 Å². The summed E-state index contributed by atoms with van der Waals surface area (Å²) in [5.74, 6) is 0.180. The molecule has 0 unspecified atom stereocenters. The van der Waals surface area contributed by atoms with Crippen LogP contribution in [0.4, 0.5) is 0 Å². The first-order valence-electron chi connectivity index (χ1n) is 4.05. The van der Waals surface area contributed by atoms with Gasteiger partial charge in [0.15, 0.2) is 6.29 Å². The van der Waals surface area contributed by atoms with E-state index in [1.54, 1.807) is 0 Å². The molecule has 0 atom stereocenters. The van der Waals surface area contributed by atoms with Crippen molar-refractivity contribution >= 4 is 5.96 Å².